The van der Waals surface area contributed by atoms with Gasteiger partial charge >= 0.3 is 0 Å². The number of carbonyl (C=O) groups is 1. The van der Waals surface area contributed by atoms with E-state index in [4.69, 9.17) is 9.47 Å². The minimum atomic E-state index is -0.303. The molecule has 0 aromatic heterocycles. The molecule has 2 rings (SSSR count). The number of aryl methyl sites for hydroxylation is 1. The Labute approximate surface area is 155 Å². The van der Waals surface area contributed by atoms with Crippen molar-refractivity contribution < 1.29 is 14.3 Å². The number of nitrogens with zero attached hydrogens (tertiary/aromatic N) is 1. The number of amides is 1. The summed E-state index contributed by atoms with van der Waals surface area (Å²) in [4.78, 5) is 11.8. The Morgan fingerprint density at radius 1 is 1.00 bits per heavy atom. The van der Waals surface area contributed by atoms with Gasteiger partial charge in [-0.1, -0.05) is 25.5 Å². The summed E-state index contributed by atoms with van der Waals surface area (Å²) in [5.41, 5.74) is 4.61. The van der Waals surface area contributed by atoms with E-state index in [-0.39, 0.29) is 12.5 Å². The van der Waals surface area contributed by atoms with Gasteiger partial charge in [-0.3, -0.25) is 4.79 Å². The van der Waals surface area contributed by atoms with Crippen LogP contribution < -0.4 is 14.9 Å². The fraction of sp³-hybridized carbons (Fsp3) is 0.333. The number of benzene rings is 2. The largest absolute Gasteiger partial charge is 0.494 e. The fourth-order valence-electron chi connectivity index (χ4n) is 2.31. The third kappa shape index (κ3) is 6.97. The number of ether oxygens (including phenoxy) is 2. The summed E-state index contributed by atoms with van der Waals surface area (Å²) in [6.07, 6.45) is 5.00. The molecular formula is C21H26N2O3. The zero-order valence-corrected chi connectivity index (χ0v) is 15.4. The first-order chi connectivity index (χ1) is 12.7. The zero-order valence-electron chi connectivity index (χ0n) is 15.4. The van der Waals surface area contributed by atoms with Gasteiger partial charge in [0.1, 0.15) is 11.5 Å². The molecule has 0 fully saturated rings. The maximum Gasteiger partial charge on any atom is 0.277 e. The number of hydrogen-bond donors (Lipinski definition) is 1. The minimum Gasteiger partial charge on any atom is -0.494 e. The number of hydrazone groups is 1. The molecule has 0 saturated heterocycles. The van der Waals surface area contributed by atoms with Crippen molar-refractivity contribution in [3.8, 4) is 11.5 Å². The molecule has 0 aliphatic heterocycles. The molecule has 0 aliphatic rings. The Bertz CT molecular complexity index is 694. The second-order valence-corrected chi connectivity index (χ2v) is 5.83. The van der Waals surface area contributed by atoms with Gasteiger partial charge in [-0.15, -0.1) is 0 Å². The van der Waals surface area contributed by atoms with E-state index in [1.54, 1.807) is 6.21 Å². The van der Waals surface area contributed by atoms with Crippen molar-refractivity contribution in [1.29, 1.82) is 0 Å². The Hall–Kier alpha value is -2.82. The van der Waals surface area contributed by atoms with Gasteiger partial charge in [-0.05, 0) is 67.3 Å². The third-order valence-electron chi connectivity index (χ3n) is 3.71. The summed E-state index contributed by atoms with van der Waals surface area (Å²) in [5, 5.41) is 3.93. The number of nitrogens with one attached hydrogen (secondary N) is 1. The average Bonchev–Trinajstić information content (AvgIpc) is 2.67. The van der Waals surface area contributed by atoms with Gasteiger partial charge in [0.15, 0.2) is 6.61 Å². The Morgan fingerprint density at radius 3 is 2.31 bits per heavy atom. The predicted molar refractivity (Wildman–Crippen MR) is 104 cm³/mol. The minimum absolute atomic E-state index is 0.0745. The highest BCUT2D eigenvalue weighted by molar-refractivity contribution is 5.83. The lowest BCUT2D eigenvalue weighted by Crippen LogP contribution is -2.24. The number of carbonyl (C=O) groups excluding carboxylic acids is 1. The summed E-state index contributed by atoms with van der Waals surface area (Å²) >= 11 is 0. The van der Waals surface area contributed by atoms with E-state index in [0.29, 0.717) is 12.4 Å². The molecule has 1 amide bonds. The number of rotatable bonds is 10. The Morgan fingerprint density at radius 2 is 1.65 bits per heavy atom. The van der Waals surface area contributed by atoms with Crippen molar-refractivity contribution in [1.82, 2.24) is 5.43 Å². The van der Waals surface area contributed by atoms with Crippen LogP contribution in [0.25, 0.3) is 0 Å². The molecule has 5 heteroatoms. The van der Waals surface area contributed by atoms with Crippen LogP contribution in [0.1, 0.15) is 37.8 Å². The molecule has 0 unspecified atom stereocenters. The van der Waals surface area contributed by atoms with Crippen LogP contribution in [0.15, 0.2) is 53.6 Å². The van der Waals surface area contributed by atoms with Crippen LogP contribution in [0, 0.1) is 0 Å². The topological polar surface area (TPSA) is 59.9 Å². The molecule has 26 heavy (non-hydrogen) atoms. The summed E-state index contributed by atoms with van der Waals surface area (Å²) in [7, 11) is 0. The molecule has 0 heterocycles. The molecular weight excluding hydrogens is 328 g/mol. The molecule has 0 aliphatic carbocycles. The van der Waals surface area contributed by atoms with E-state index in [2.05, 4.69) is 17.5 Å². The first-order valence-electron chi connectivity index (χ1n) is 8.97. The molecule has 0 bridgehead atoms. The van der Waals surface area contributed by atoms with Crippen molar-refractivity contribution in [3.05, 3.63) is 59.7 Å². The van der Waals surface area contributed by atoms with E-state index in [9.17, 15) is 4.79 Å². The molecule has 138 valence electrons. The van der Waals surface area contributed by atoms with Crippen LogP contribution in [0.3, 0.4) is 0 Å². The van der Waals surface area contributed by atoms with Crippen molar-refractivity contribution in [2.24, 2.45) is 5.10 Å². The quantitative estimate of drug-likeness (QED) is 0.519. The van der Waals surface area contributed by atoms with Gasteiger partial charge in [0.2, 0.25) is 0 Å². The number of unbranched alkanes of at least 4 members (excludes halogenated alkanes) is 1. The summed E-state index contributed by atoms with van der Waals surface area (Å²) in [6.45, 7) is 4.67. The normalized spacial score (nSPS) is 10.7. The van der Waals surface area contributed by atoms with Gasteiger partial charge in [0.25, 0.3) is 5.91 Å². The maximum atomic E-state index is 11.8. The summed E-state index contributed by atoms with van der Waals surface area (Å²) in [5.74, 6) is 1.18. The summed E-state index contributed by atoms with van der Waals surface area (Å²) < 4.78 is 10.8. The lowest BCUT2D eigenvalue weighted by molar-refractivity contribution is -0.123. The van der Waals surface area contributed by atoms with Crippen LogP contribution >= 0.6 is 0 Å². The van der Waals surface area contributed by atoms with Crippen LogP contribution in [-0.4, -0.2) is 25.3 Å². The van der Waals surface area contributed by atoms with Crippen molar-refractivity contribution >= 4 is 12.1 Å². The molecule has 2 aromatic carbocycles. The van der Waals surface area contributed by atoms with Crippen LogP contribution in [0.4, 0.5) is 0 Å². The van der Waals surface area contributed by atoms with E-state index in [1.165, 1.54) is 18.4 Å². The first-order valence-corrected chi connectivity index (χ1v) is 8.97. The molecule has 0 atom stereocenters. The van der Waals surface area contributed by atoms with Crippen molar-refractivity contribution in [2.75, 3.05) is 13.2 Å². The molecule has 2 aromatic rings. The van der Waals surface area contributed by atoms with E-state index in [0.717, 1.165) is 17.7 Å². The van der Waals surface area contributed by atoms with Crippen LogP contribution in [0.2, 0.25) is 0 Å². The standard InChI is InChI=1S/C21H26N2O3/c1-3-5-6-17-7-11-20(12-8-17)26-16-21(24)23-22-15-18-9-13-19(14-10-18)25-4-2/h7-15H,3-6,16H2,1-2H3,(H,23,24)/b22-15-. The highest BCUT2D eigenvalue weighted by Gasteiger charge is 2.02. The van der Waals surface area contributed by atoms with Gasteiger partial charge in [0.05, 0.1) is 12.8 Å². The first kappa shape index (κ1) is 19.5. The Balaban J connectivity index is 1.72. The fourth-order valence-corrected chi connectivity index (χ4v) is 2.31. The van der Waals surface area contributed by atoms with Gasteiger partial charge in [-0.25, -0.2) is 5.43 Å². The lowest BCUT2D eigenvalue weighted by atomic mass is 10.1. The highest BCUT2D eigenvalue weighted by Crippen LogP contribution is 2.14. The third-order valence-corrected chi connectivity index (χ3v) is 3.71. The molecule has 0 spiro atoms. The maximum absolute atomic E-state index is 11.8. The average molecular weight is 354 g/mol. The molecule has 0 radical (unpaired) electrons. The van der Waals surface area contributed by atoms with E-state index < -0.39 is 0 Å². The number of hydrogen-bond acceptors (Lipinski definition) is 4. The highest BCUT2D eigenvalue weighted by atomic mass is 16.5. The predicted octanol–water partition coefficient (Wildman–Crippen LogP) is 3.96. The lowest BCUT2D eigenvalue weighted by Gasteiger charge is -2.06. The van der Waals surface area contributed by atoms with E-state index in [1.807, 2.05) is 55.5 Å². The van der Waals surface area contributed by atoms with Gasteiger partial charge in [0, 0.05) is 0 Å². The van der Waals surface area contributed by atoms with Gasteiger partial charge in [-0.2, -0.15) is 5.10 Å². The van der Waals surface area contributed by atoms with Gasteiger partial charge < -0.3 is 9.47 Å². The molecule has 0 saturated carbocycles. The van der Waals surface area contributed by atoms with Crippen LogP contribution in [-0.2, 0) is 11.2 Å². The second-order valence-electron chi connectivity index (χ2n) is 5.83. The smallest absolute Gasteiger partial charge is 0.277 e. The zero-order chi connectivity index (χ0) is 18.6. The second kappa shape index (κ2) is 10.9. The molecule has 1 N–H and O–H groups in total. The molecule has 5 nitrogen and oxygen atoms in total. The van der Waals surface area contributed by atoms with Crippen LogP contribution in [0.5, 0.6) is 11.5 Å². The van der Waals surface area contributed by atoms with Crippen molar-refractivity contribution in [2.45, 2.75) is 33.1 Å². The summed E-state index contributed by atoms with van der Waals surface area (Å²) in [6, 6.07) is 15.3. The van der Waals surface area contributed by atoms with Crippen molar-refractivity contribution in [3.63, 3.8) is 0 Å². The monoisotopic (exact) mass is 354 g/mol. The SMILES string of the molecule is CCCCc1ccc(OCC(=O)N/N=C\c2ccc(OCC)cc2)cc1. The Kier molecular flexibility index (Phi) is 8.19. The van der Waals surface area contributed by atoms with E-state index >= 15 is 0 Å².